The van der Waals surface area contributed by atoms with E-state index in [9.17, 15) is 9.59 Å². The van der Waals surface area contributed by atoms with Gasteiger partial charge in [0.1, 0.15) is 11.7 Å². The summed E-state index contributed by atoms with van der Waals surface area (Å²) < 4.78 is 1.55. The average molecular weight is 239 g/mol. The first kappa shape index (κ1) is 13.2. The summed E-state index contributed by atoms with van der Waals surface area (Å²) in [6, 6.07) is 0.788. The summed E-state index contributed by atoms with van der Waals surface area (Å²) in [6.45, 7) is 5.94. The number of aryl methyl sites for hydroxylation is 2. The van der Waals surface area contributed by atoms with Crippen LogP contribution in [0.4, 0.5) is 0 Å². The minimum atomic E-state index is -1.03. The van der Waals surface area contributed by atoms with E-state index >= 15 is 0 Å². The van der Waals surface area contributed by atoms with E-state index < -0.39 is 17.9 Å². The fourth-order valence-electron chi connectivity index (χ4n) is 1.54. The zero-order chi connectivity index (χ0) is 13.0. The number of nitrogens with one attached hydrogen (secondary N) is 1. The minimum absolute atomic E-state index is 0.348. The van der Waals surface area contributed by atoms with Crippen molar-refractivity contribution in [3.8, 4) is 0 Å². The lowest BCUT2D eigenvalue weighted by Crippen LogP contribution is -2.41. The fraction of sp³-hybridized carbons (Fsp3) is 0.545. The van der Waals surface area contributed by atoms with Gasteiger partial charge < -0.3 is 10.4 Å². The van der Waals surface area contributed by atoms with Crippen LogP contribution in [0.3, 0.4) is 0 Å². The normalized spacial score (nSPS) is 12.2. The summed E-state index contributed by atoms with van der Waals surface area (Å²) in [5.41, 5.74) is 1.13. The van der Waals surface area contributed by atoms with E-state index in [4.69, 9.17) is 5.11 Å². The molecule has 1 aromatic heterocycles. The van der Waals surface area contributed by atoms with Crippen molar-refractivity contribution < 1.29 is 14.7 Å². The number of carboxylic acids is 1. The van der Waals surface area contributed by atoms with Gasteiger partial charge >= 0.3 is 5.97 Å². The fourth-order valence-corrected chi connectivity index (χ4v) is 1.54. The lowest BCUT2D eigenvalue weighted by atomic mass is 10.2. The Kier molecular flexibility index (Phi) is 4.25. The van der Waals surface area contributed by atoms with E-state index in [0.717, 1.165) is 5.69 Å². The molecule has 6 heteroatoms. The molecule has 0 aliphatic carbocycles. The summed E-state index contributed by atoms with van der Waals surface area (Å²) >= 11 is 0. The monoisotopic (exact) mass is 239 g/mol. The highest BCUT2D eigenvalue weighted by atomic mass is 16.4. The first-order chi connectivity index (χ1) is 7.99. The first-order valence-corrected chi connectivity index (χ1v) is 5.57. The second-order valence-corrected chi connectivity index (χ2v) is 3.76. The smallest absolute Gasteiger partial charge is 0.326 e. The summed E-state index contributed by atoms with van der Waals surface area (Å²) in [5.74, 6) is -1.43. The highest BCUT2D eigenvalue weighted by molar-refractivity contribution is 5.95. The molecule has 0 spiro atoms. The molecule has 17 heavy (non-hydrogen) atoms. The number of carbonyl (C=O) groups is 2. The lowest BCUT2D eigenvalue weighted by molar-refractivity contribution is -0.139. The summed E-state index contributed by atoms with van der Waals surface area (Å²) in [4.78, 5) is 22.7. The van der Waals surface area contributed by atoms with Gasteiger partial charge in [0.05, 0.1) is 5.69 Å². The Morgan fingerprint density at radius 2 is 2.18 bits per heavy atom. The Morgan fingerprint density at radius 3 is 2.65 bits per heavy atom. The molecule has 0 saturated carbocycles. The Hall–Kier alpha value is -1.85. The van der Waals surface area contributed by atoms with E-state index in [2.05, 4.69) is 10.4 Å². The van der Waals surface area contributed by atoms with Gasteiger partial charge in [-0.05, 0) is 26.3 Å². The second kappa shape index (κ2) is 5.47. The van der Waals surface area contributed by atoms with Gasteiger partial charge in [-0.15, -0.1) is 0 Å². The zero-order valence-corrected chi connectivity index (χ0v) is 10.2. The molecule has 0 saturated heterocycles. The second-order valence-electron chi connectivity index (χ2n) is 3.76. The first-order valence-electron chi connectivity index (χ1n) is 5.57. The Morgan fingerprint density at radius 1 is 1.53 bits per heavy atom. The van der Waals surface area contributed by atoms with Crippen LogP contribution >= 0.6 is 0 Å². The standard InChI is InChI=1S/C11H17N3O3/c1-4-8(11(16)17)12-10(15)9-6-7(3)13-14(9)5-2/h6,8H,4-5H2,1-3H3,(H,12,15)(H,16,17)/t8-/m1/s1. The van der Waals surface area contributed by atoms with Crippen molar-refractivity contribution in [1.29, 1.82) is 0 Å². The molecule has 0 aliphatic rings. The number of aromatic nitrogens is 2. The molecule has 1 aromatic rings. The van der Waals surface area contributed by atoms with Crippen molar-refractivity contribution in [2.24, 2.45) is 0 Å². The highest BCUT2D eigenvalue weighted by Gasteiger charge is 2.20. The van der Waals surface area contributed by atoms with Crippen molar-refractivity contribution in [2.75, 3.05) is 0 Å². The third kappa shape index (κ3) is 3.05. The van der Waals surface area contributed by atoms with Gasteiger partial charge in [-0.2, -0.15) is 5.10 Å². The maximum atomic E-state index is 11.9. The third-order valence-electron chi connectivity index (χ3n) is 2.45. The number of hydrogen-bond acceptors (Lipinski definition) is 3. The van der Waals surface area contributed by atoms with E-state index in [0.29, 0.717) is 18.7 Å². The van der Waals surface area contributed by atoms with Crippen LogP contribution in [-0.4, -0.2) is 32.8 Å². The van der Waals surface area contributed by atoms with E-state index in [1.165, 1.54) is 0 Å². The van der Waals surface area contributed by atoms with Crippen LogP contribution in [0.1, 0.15) is 36.5 Å². The van der Waals surface area contributed by atoms with E-state index in [1.54, 1.807) is 24.6 Å². The molecule has 1 amide bonds. The van der Waals surface area contributed by atoms with Crippen LogP contribution in [0.25, 0.3) is 0 Å². The summed E-state index contributed by atoms with van der Waals surface area (Å²) in [6.07, 6.45) is 0.348. The van der Waals surface area contributed by atoms with Gasteiger partial charge in [0.2, 0.25) is 0 Å². The molecule has 1 heterocycles. The van der Waals surface area contributed by atoms with Crippen molar-refractivity contribution in [2.45, 2.75) is 39.8 Å². The van der Waals surface area contributed by atoms with Crippen LogP contribution in [0.5, 0.6) is 0 Å². The molecular formula is C11H17N3O3. The Bertz CT molecular complexity index is 426. The van der Waals surface area contributed by atoms with Crippen molar-refractivity contribution in [3.63, 3.8) is 0 Å². The molecule has 0 bridgehead atoms. The molecule has 1 rings (SSSR count). The van der Waals surface area contributed by atoms with Crippen LogP contribution in [-0.2, 0) is 11.3 Å². The Labute approximate surface area is 99.6 Å². The maximum absolute atomic E-state index is 11.9. The molecule has 94 valence electrons. The largest absolute Gasteiger partial charge is 0.480 e. The number of carbonyl (C=O) groups excluding carboxylic acids is 1. The molecule has 1 atom stereocenters. The van der Waals surface area contributed by atoms with Gasteiger partial charge in [0, 0.05) is 6.54 Å². The number of amides is 1. The van der Waals surface area contributed by atoms with Crippen LogP contribution in [0, 0.1) is 6.92 Å². The van der Waals surface area contributed by atoms with Gasteiger partial charge in [-0.1, -0.05) is 6.92 Å². The van der Waals surface area contributed by atoms with Crippen LogP contribution < -0.4 is 5.32 Å². The quantitative estimate of drug-likeness (QED) is 0.796. The summed E-state index contributed by atoms with van der Waals surface area (Å²) in [5, 5.41) is 15.5. The molecule has 0 unspecified atom stereocenters. The lowest BCUT2D eigenvalue weighted by Gasteiger charge is -2.12. The van der Waals surface area contributed by atoms with Crippen molar-refractivity contribution >= 4 is 11.9 Å². The Balaban J connectivity index is 2.85. The molecule has 0 fully saturated rings. The van der Waals surface area contributed by atoms with Gasteiger partial charge in [0.25, 0.3) is 5.91 Å². The number of nitrogens with zero attached hydrogens (tertiary/aromatic N) is 2. The number of rotatable bonds is 5. The minimum Gasteiger partial charge on any atom is -0.480 e. The zero-order valence-electron chi connectivity index (χ0n) is 10.2. The third-order valence-corrected chi connectivity index (χ3v) is 2.45. The molecule has 0 radical (unpaired) electrons. The van der Waals surface area contributed by atoms with Gasteiger partial charge in [-0.25, -0.2) is 4.79 Å². The molecule has 0 aliphatic heterocycles. The van der Waals surface area contributed by atoms with Crippen molar-refractivity contribution in [3.05, 3.63) is 17.5 Å². The highest BCUT2D eigenvalue weighted by Crippen LogP contribution is 2.04. The van der Waals surface area contributed by atoms with E-state index in [1.807, 2.05) is 6.92 Å². The van der Waals surface area contributed by atoms with Crippen LogP contribution in [0.2, 0.25) is 0 Å². The molecule has 6 nitrogen and oxygen atoms in total. The predicted molar refractivity (Wildman–Crippen MR) is 61.8 cm³/mol. The number of aliphatic carboxylic acids is 1. The molecule has 0 aromatic carbocycles. The van der Waals surface area contributed by atoms with Crippen LogP contribution in [0.15, 0.2) is 6.07 Å². The predicted octanol–water partition coefficient (Wildman–Crippen LogP) is 0.804. The van der Waals surface area contributed by atoms with E-state index in [-0.39, 0.29) is 0 Å². The topological polar surface area (TPSA) is 84.2 Å². The molecular weight excluding hydrogens is 222 g/mol. The number of hydrogen-bond donors (Lipinski definition) is 2. The average Bonchev–Trinajstić information content (AvgIpc) is 2.66. The number of carboxylic acid groups (broad SMARTS) is 1. The van der Waals surface area contributed by atoms with Gasteiger partial charge in [-0.3, -0.25) is 9.48 Å². The van der Waals surface area contributed by atoms with Crippen molar-refractivity contribution in [1.82, 2.24) is 15.1 Å². The maximum Gasteiger partial charge on any atom is 0.326 e. The SMILES string of the molecule is CC[C@@H](NC(=O)c1cc(C)nn1CC)C(=O)O. The summed E-state index contributed by atoms with van der Waals surface area (Å²) in [7, 11) is 0. The van der Waals surface area contributed by atoms with Gasteiger partial charge in [0.15, 0.2) is 0 Å². The molecule has 2 N–H and O–H groups in total.